The number of hydrogen-bond donors (Lipinski definition) is 2. The van der Waals surface area contributed by atoms with E-state index in [0.29, 0.717) is 47.5 Å². The largest absolute Gasteiger partial charge is 0.493 e. The molecule has 0 aromatic heterocycles. The Morgan fingerprint density at radius 2 is 2.04 bits per heavy atom. The fraction of sp³-hybridized carbons (Fsp3) is 0.263. The summed E-state index contributed by atoms with van der Waals surface area (Å²) in [4.78, 5) is 23.2. The van der Waals surface area contributed by atoms with Gasteiger partial charge in [-0.05, 0) is 29.8 Å². The maximum absolute atomic E-state index is 12.6. The fourth-order valence-corrected chi connectivity index (χ4v) is 3.29. The molecule has 8 heteroatoms. The highest BCUT2D eigenvalue weighted by Gasteiger charge is 2.21. The van der Waals surface area contributed by atoms with E-state index in [9.17, 15) is 9.59 Å². The van der Waals surface area contributed by atoms with Crippen molar-refractivity contribution in [1.82, 2.24) is 0 Å². The van der Waals surface area contributed by atoms with Crippen molar-refractivity contribution in [3.63, 3.8) is 0 Å². The summed E-state index contributed by atoms with van der Waals surface area (Å²) in [5, 5.41) is 11.6. The lowest BCUT2D eigenvalue weighted by molar-refractivity contribution is -0.133. The van der Waals surface area contributed by atoms with Gasteiger partial charge in [0.2, 0.25) is 5.75 Å². The molecule has 27 heavy (non-hydrogen) atoms. The molecule has 1 aliphatic heterocycles. The van der Waals surface area contributed by atoms with E-state index >= 15 is 0 Å². The lowest BCUT2D eigenvalue weighted by atomic mass is 10.1. The van der Waals surface area contributed by atoms with Crippen LogP contribution in [-0.4, -0.2) is 43.1 Å². The van der Waals surface area contributed by atoms with Gasteiger partial charge in [0, 0.05) is 17.0 Å². The van der Waals surface area contributed by atoms with Crippen LogP contribution in [0.2, 0.25) is 0 Å². The number of fused-ring (bicyclic) bond motifs is 1. The number of nitrogens with one attached hydrogen (secondary N) is 1. The van der Waals surface area contributed by atoms with Gasteiger partial charge in [-0.25, -0.2) is 0 Å². The Bertz CT molecular complexity index is 837. The number of hydrogen-bond acceptors (Lipinski definition) is 6. The average molecular weight is 389 g/mol. The van der Waals surface area contributed by atoms with Gasteiger partial charge in [-0.2, -0.15) is 0 Å². The molecule has 7 nitrogen and oxygen atoms in total. The first kappa shape index (κ1) is 18.9. The zero-order valence-corrected chi connectivity index (χ0v) is 15.5. The van der Waals surface area contributed by atoms with Crippen LogP contribution in [0.5, 0.6) is 17.2 Å². The van der Waals surface area contributed by atoms with E-state index in [0.717, 1.165) is 5.56 Å². The van der Waals surface area contributed by atoms with Gasteiger partial charge >= 0.3 is 5.97 Å². The minimum Gasteiger partial charge on any atom is -0.493 e. The van der Waals surface area contributed by atoms with Crippen molar-refractivity contribution >= 4 is 29.3 Å². The lowest BCUT2D eigenvalue weighted by Crippen LogP contribution is -2.18. The fourth-order valence-electron chi connectivity index (χ4n) is 2.60. The first-order chi connectivity index (χ1) is 13.1. The number of carboxylic acid groups (broad SMARTS) is 1. The van der Waals surface area contributed by atoms with Crippen LogP contribution < -0.4 is 19.5 Å². The lowest BCUT2D eigenvalue weighted by Gasteiger charge is -2.21. The normalized spacial score (nSPS) is 12.3. The second-order valence-corrected chi connectivity index (χ2v) is 6.73. The molecule has 0 saturated carbocycles. The molecule has 142 valence electrons. The third kappa shape index (κ3) is 4.85. The number of ether oxygens (including phenoxy) is 3. The summed E-state index contributed by atoms with van der Waals surface area (Å²) >= 11 is 1.30. The molecule has 0 fully saturated rings. The molecule has 0 atom stereocenters. The van der Waals surface area contributed by atoms with Crippen molar-refractivity contribution < 1.29 is 28.9 Å². The van der Waals surface area contributed by atoms with Gasteiger partial charge in [0.1, 0.15) is 13.2 Å². The molecule has 3 rings (SSSR count). The second-order valence-electron chi connectivity index (χ2n) is 5.74. The molecule has 0 unspecified atom stereocenters. The minimum atomic E-state index is -0.850. The Hall–Kier alpha value is -2.87. The van der Waals surface area contributed by atoms with Gasteiger partial charge < -0.3 is 24.6 Å². The first-order valence-corrected chi connectivity index (χ1v) is 9.40. The highest BCUT2D eigenvalue weighted by Crippen LogP contribution is 2.40. The van der Waals surface area contributed by atoms with E-state index in [2.05, 4.69) is 5.32 Å². The summed E-state index contributed by atoms with van der Waals surface area (Å²) in [5.41, 5.74) is 1.95. The predicted molar refractivity (Wildman–Crippen MR) is 102 cm³/mol. The number of anilines is 1. The molecule has 2 N–H and O–H groups in total. The summed E-state index contributed by atoms with van der Waals surface area (Å²) < 4.78 is 16.4. The summed E-state index contributed by atoms with van der Waals surface area (Å²) in [7, 11) is 1.51. The Kier molecular flexibility index (Phi) is 6.08. The summed E-state index contributed by atoms with van der Waals surface area (Å²) in [5.74, 6) is 0.845. The number of rotatable bonds is 7. The molecular weight excluding hydrogens is 370 g/mol. The van der Waals surface area contributed by atoms with Crippen molar-refractivity contribution in [2.24, 2.45) is 0 Å². The number of aliphatic carboxylic acids is 1. The molecule has 0 bridgehead atoms. The Morgan fingerprint density at radius 3 is 2.81 bits per heavy atom. The highest BCUT2D eigenvalue weighted by molar-refractivity contribution is 7.99. The van der Waals surface area contributed by atoms with Crippen LogP contribution in [0.25, 0.3) is 0 Å². The number of carboxylic acids is 1. The monoisotopic (exact) mass is 389 g/mol. The van der Waals surface area contributed by atoms with Crippen LogP contribution in [0.15, 0.2) is 36.4 Å². The number of benzene rings is 2. The molecular formula is C19H19NO6S. The van der Waals surface area contributed by atoms with E-state index in [1.54, 1.807) is 18.2 Å². The summed E-state index contributed by atoms with van der Waals surface area (Å²) in [6.45, 7) is 0.846. The van der Waals surface area contributed by atoms with Crippen molar-refractivity contribution in [2.75, 3.05) is 31.4 Å². The maximum Gasteiger partial charge on any atom is 0.313 e. The summed E-state index contributed by atoms with van der Waals surface area (Å²) in [6, 6.07) is 10.5. The van der Waals surface area contributed by atoms with Crippen LogP contribution in [0, 0.1) is 0 Å². The van der Waals surface area contributed by atoms with Crippen molar-refractivity contribution in [3.8, 4) is 17.2 Å². The van der Waals surface area contributed by atoms with E-state index in [1.165, 1.54) is 18.9 Å². The highest BCUT2D eigenvalue weighted by atomic mass is 32.2. The zero-order valence-electron chi connectivity index (χ0n) is 14.7. The Morgan fingerprint density at radius 1 is 1.22 bits per heavy atom. The molecule has 0 radical (unpaired) electrons. The Labute approximate surface area is 160 Å². The van der Waals surface area contributed by atoms with Crippen LogP contribution >= 0.6 is 11.8 Å². The molecule has 0 saturated heterocycles. The molecule has 0 spiro atoms. The van der Waals surface area contributed by atoms with Crippen molar-refractivity contribution in [1.29, 1.82) is 0 Å². The van der Waals surface area contributed by atoms with E-state index in [-0.39, 0.29) is 11.7 Å². The predicted octanol–water partition coefficient (Wildman–Crippen LogP) is 3.04. The standard InChI is InChI=1S/C19H19NO6S/c1-24-15-8-13(9-16-18(15)26-6-5-25-16)19(23)20-14-4-2-3-12(7-14)10-27-11-17(21)22/h2-4,7-9H,5-6,10-11H2,1H3,(H,20,23)(H,21,22). The maximum atomic E-state index is 12.6. The minimum absolute atomic E-state index is 0.0353. The van der Waals surface area contributed by atoms with Gasteiger partial charge in [0.05, 0.1) is 12.9 Å². The third-order valence-corrected chi connectivity index (χ3v) is 4.76. The van der Waals surface area contributed by atoms with Crippen molar-refractivity contribution in [3.05, 3.63) is 47.5 Å². The number of thioether (sulfide) groups is 1. The quantitative estimate of drug-likeness (QED) is 0.752. The van der Waals surface area contributed by atoms with E-state index in [1.807, 2.05) is 18.2 Å². The van der Waals surface area contributed by atoms with E-state index < -0.39 is 5.97 Å². The third-order valence-electron chi connectivity index (χ3n) is 3.77. The number of methoxy groups -OCH3 is 1. The molecule has 1 amide bonds. The van der Waals surface area contributed by atoms with Crippen LogP contribution in [0.4, 0.5) is 5.69 Å². The molecule has 0 aliphatic carbocycles. The number of amides is 1. The van der Waals surface area contributed by atoms with E-state index in [4.69, 9.17) is 19.3 Å². The number of carbonyl (C=O) groups excluding carboxylic acids is 1. The van der Waals surface area contributed by atoms with Crippen LogP contribution in [-0.2, 0) is 10.5 Å². The smallest absolute Gasteiger partial charge is 0.313 e. The second kappa shape index (κ2) is 8.68. The first-order valence-electron chi connectivity index (χ1n) is 8.24. The molecule has 1 heterocycles. The van der Waals surface area contributed by atoms with Gasteiger partial charge in [-0.1, -0.05) is 12.1 Å². The zero-order chi connectivity index (χ0) is 19.2. The molecule has 2 aromatic rings. The summed E-state index contributed by atoms with van der Waals surface area (Å²) in [6.07, 6.45) is 0. The molecule has 1 aliphatic rings. The topological polar surface area (TPSA) is 94.1 Å². The van der Waals surface area contributed by atoms with Gasteiger partial charge in [-0.15, -0.1) is 11.8 Å². The van der Waals surface area contributed by atoms with Crippen molar-refractivity contribution in [2.45, 2.75) is 5.75 Å². The van der Waals surface area contributed by atoms with Gasteiger partial charge in [0.25, 0.3) is 5.91 Å². The number of carbonyl (C=O) groups is 2. The Balaban J connectivity index is 1.73. The SMILES string of the molecule is COc1cc(C(=O)Nc2cccc(CSCC(=O)O)c2)cc2c1OCCO2. The van der Waals surface area contributed by atoms with Crippen LogP contribution in [0.3, 0.4) is 0 Å². The van der Waals surface area contributed by atoms with Crippen LogP contribution in [0.1, 0.15) is 15.9 Å². The molecule has 2 aromatic carbocycles. The van der Waals surface area contributed by atoms with Gasteiger partial charge in [-0.3, -0.25) is 9.59 Å². The van der Waals surface area contributed by atoms with Gasteiger partial charge in [0.15, 0.2) is 11.5 Å². The average Bonchev–Trinajstić information content (AvgIpc) is 2.67.